The highest BCUT2D eigenvalue weighted by molar-refractivity contribution is 5.03. The van der Waals surface area contributed by atoms with Gasteiger partial charge in [-0.05, 0) is 36.5 Å². The fourth-order valence-corrected chi connectivity index (χ4v) is 2.90. The summed E-state index contributed by atoms with van der Waals surface area (Å²) in [6, 6.07) is 0. The molecule has 0 bridgehead atoms. The smallest absolute Gasteiger partial charge is 0.0352 e. The molecule has 0 aliphatic heterocycles. The van der Waals surface area contributed by atoms with Crippen LogP contribution in [0.2, 0.25) is 0 Å². The molecule has 0 spiro atoms. The van der Waals surface area contributed by atoms with E-state index in [9.17, 15) is 0 Å². The zero-order valence-corrected chi connectivity index (χ0v) is 5.84. The number of rotatable bonds is 0. The van der Waals surface area contributed by atoms with Crippen molar-refractivity contribution in [3.05, 3.63) is 0 Å². The Morgan fingerprint density at radius 3 is 1.89 bits per heavy atom. The summed E-state index contributed by atoms with van der Waals surface area (Å²) in [4.78, 5) is 0. The predicted octanol–water partition coefficient (Wildman–Crippen LogP) is 2.44. The van der Waals surface area contributed by atoms with E-state index < -0.39 is 0 Å². The fourth-order valence-electron chi connectivity index (χ4n) is 2.90. The van der Waals surface area contributed by atoms with Crippen LogP contribution >= 0.6 is 0 Å². The molecule has 3 rings (SSSR count). The van der Waals surface area contributed by atoms with Crippen LogP contribution in [-0.4, -0.2) is 0 Å². The quantitative estimate of drug-likeness (QED) is 0.463. The van der Waals surface area contributed by atoms with Gasteiger partial charge in [0.25, 0.3) is 0 Å². The second-order valence-corrected chi connectivity index (χ2v) is 4.25. The highest BCUT2D eigenvalue weighted by atomic mass is 14.6. The highest BCUT2D eigenvalue weighted by Crippen LogP contribution is 2.63. The molecule has 0 aromatic rings. The summed E-state index contributed by atoms with van der Waals surface area (Å²) in [5, 5.41) is 0. The van der Waals surface area contributed by atoms with E-state index >= 15 is 0 Å². The molecule has 0 heterocycles. The first-order chi connectivity index (χ1) is 4.45. The summed E-state index contributed by atoms with van der Waals surface area (Å²) >= 11 is 0. The maximum absolute atomic E-state index is 1.61. The number of fused-ring (bicyclic) bond motifs is 3. The predicted molar refractivity (Wildman–Crippen MR) is 37.0 cm³/mol. The monoisotopic (exact) mass is 122 g/mol. The van der Waals surface area contributed by atoms with Gasteiger partial charge in [-0.25, -0.2) is 0 Å². The molecule has 0 N–H and O–H groups in total. The van der Waals surface area contributed by atoms with Crippen LogP contribution in [0.1, 0.15) is 32.1 Å². The van der Waals surface area contributed by atoms with Gasteiger partial charge < -0.3 is 0 Å². The topological polar surface area (TPSA) is 0 Å². The molecule has 0 amide bonds. The third-order valence-corrected chi connectivity index (χ3v) is 3.65. The van der Waals surface area contributed by atoms with Gasteiger partial charge in [0.15, 0.2) is 0 Å². The van der Waals surface area contributed by atoms with Gasteiger partial charge in [-0.1, -0.05) is 19.3 Å². The molecule has 0 heteroatoms. The lowest BCUT2D eigenvalue weighted by molar-refractivity contribution is 0.612. The van der Waals surface area contributed by atoms with E-state index in [-0.39, 0.29) is 0 Å². The lowest BCUT2D eigenvalue weighted by Crippen LogP contribution is -1.81. The third kappa shape index (κ3) is 0.595. The van der Waals surface area contributed by atoms with Crippen LogP contribution in [0.15, 0.2) is 0 Å². The Bertz CT molecular complexity index is 123. The molecule has 0 saturated heterocycles. The van der Waals surface area contributed by atoms with E-state index in [1.807, 2.05) is 0 Å². The number of hydrogen-bond acceptors (Lipinski definition) is 0. The molecule has 50 valence electrons. The largest absolute Gasteiger partial charge is 0.0528 e. The van der Waals surface area contributed by atoms with Gasteiger partial charge in [0.1, 0.15) is 0 Å². The molecule has 0 aromatic carbocycles. The van der Waals surface area contributed by atoms with Gasteiger partial charge in [-0.3, -0.25) is 0 Å². The molecular formula is C9H14. The molecule has 3 fully saturated rings. The summed E-state index contributed by atoms with van der Waals surface area (Å²) < 4.78 is 0. The van der Waals surface area contributed by atoms with E-state index in [2.05, 4.69) is 0 Å². The van der Waals surface area contributed by atoms with E-state index in [0.29, 0.717) is 0 Å². The van der Waals surface area contributed by atoms with Crippen LogP contribution in [0.3, 0.4) is 0 Å². The van der Waals surface area contributed by atoms with Crippen molar-refractivity contribution >= 4 is 0 Å². The van der Waals surface area contributed by atoms with E-state index in [4.69, 9.17) is 0 Å². The van der Waals surface area contributed by atoms with Crippen LogP contribution in [0, 0.1) is 23.7 Å². The molecule has 0 aromatic heterocycles. The molecule has 0 radical (unpaired) electrons. The Balaban J connectivity index is 1.81. The zero-order valence-electron chi connectivity index (χ0n) is 5.84. The molecule has 4 atom stereocenters. The van der Waals surface area contributed by atoms with Crippen LogP contribution in [0.25, 0.3) is 0 Å². The van der Waals surface area contributed by atoms with Crippen LogP contribution in [0.4, 0.5) is 0 Å². The SMILES string of the molecule is C1CC2CC2C2CC2C1. The first-order valence-corrected chi connectivity index (χ1v) is 4.45. The summed E-state index contributed by atoms with van der Waals surface area (Å²) in [5.74, 6) is 4.89. The van der Waals surface area contributed by atoms with Crippen molar-refractivity contribution in [1.82, 2.24) is 0 Å². The average Bonchev–Trinajstić information content (AvgIpc) is 2.48. The highest BCUT2D eigenvalue weighted by Gasteiger charge is 2.54. The van der Waals surface area contributed by atoms with Gasteiger partial charge in [-0.2, -0.15) is 0 Å². The second-order valence-electron chi connectivity index (χ2n) is 4.25. The average molecular weight is 122 g/mol. The minimum Gasteiger partial charge on any atom is -0.0528 e. The first-order valence-electron chi connectivity index (χ1n) is 4.45. The van der Waals surface area contributed by atoms with Gasteiger partial charge in [0.05, 0.1) is 0 Å². The maximum Gasteiger partial charge on any atom is -0.0352 e. The van der Waals surface area contributed by atoms with Gasteiger partial charge >= 0.3 is 0 Å². The van der Waals surface area contributed by atoms with E-state index in [1.165, 1.54) is 23.7 Å². The summed E-state index contributed by atoms with van der Waals surface area (Å²) in [6.45, 7) is 0. The minimum absolute atomic E-state index is 1.21. The van der Waals surface area contributed by atoms with Gasteiger partial charge in [0.2, 0.25) is 0 Å². The molecule has 4 unspecified atom stereocenters. The molecule has 3 aliphatic rings. The van der Waals surface area contributed by atoms with Crippen molar-refractivity contribution in [1.29, 1.82) is 0 Å². The Morgan fingerprint density at radius 1 is 0.778 bits per heavy atom. The van der Waals surface area contributed by atoms with Gasteiger partial charge in [0, 0.05) is 0 Å². The summed E-state index contributed by atoms with van der Waals surface area (Å²) in [5.41, 5.74) is 0. The Kier molecular flexibility index (Phi) is 0.717. The van der Waals surface area contributed by atoms with Crippen LogP contribution < -0.4 is 0 Å². The summed E-state index contributed by atoms with van der Waals surface area (Å²) in [7, 11) is 0. The second kappa shape index (κ2) is 1.36. The first kappa shape index (κ1) is 4.76. The van der Waals surface area contributed by atoms with E-state index in [0.717, 1.165) is 0 Å². The molecule has 3 aliphatic carbocycles. The third-order valence-electron chi connectivity index (χ3n) is 3.65. The molecule has 9 heavy (non-hydrogen) atoms. The molecular weight excluding hydrogens is 108 g/mol. The van der Waals surface area contributed by atoms with Crippen LogP contribution in [0.5, 0.6) is 0 Å². The fraction of sp³-hybridized carbons (Fsp3) is 1.00. The van der Waals surface area contributed by atoms with Crippen molar-refractivity contribution in [2.75, 3.05) is 0 Å². The van der Waals surface area contributed by atoms with Gasteiger partial charge in [-0.15, -0.1) is 0 Å². The Hall–Kier alpha value is 0. The number of hydrogen-bond donors (Lipinski definition) is 0. The van der Waals surface area contributed by atoms with Crippen molar-refractivity contribution in [3.63, 3.8) is 0 Å². The minimum atomic E-state index is 1.21. The lowest BCUT2D eigenvalue weighted by atomic mass is 10.1. The van der Waals surface area contributed by atoms with Crippen molar-refractivity contribution < 1.29 is 0 Å². The van der Waals surface area contributed by atoms with Crippen LogP contribution in [-0.2, 0) is 0 Å². The lowest BCUT2D eigenvalue weighted by Gasteiger charge is -1.92. The maximum atomic E-state index is 1.61. The van der Waals surface area contributed by atoms with Crippen molar-refractivity contribution in [2.45, 2.75) is 32.1 Å². The normalized spacial score (nSPS) is 61.3. The van der Waals surface area contributed by atoms with E-state index in [1.54, 1.807) is 32.1 Å². The zero-order chi connectivity index (χ0) is 5.84. The van der Waals surface area contributed by atoms with Crippen molar-refractivity contribution in [2.24, 2.45) is 23.7 Å². The standard InChI is InChI=1S/C9H14/c1-2-6-4-8(6)9-5-7(9)3-1/h6-9H,1-5H2. The Labute approximate surface area is 56.6 Å². The summed E-state index contributed by atoms with van der Waals surface area (Å²) in [6.07, 6.45) is 7.94. The molecule has 0 nitrogen and oxygen atoms in total. The molecule has 3 saturated carbocycles. The Morgan fingerprint density at radius 2 is 1.33 bits per heavy atom. The van der Waals surface area contributed by atoms with Crippen molar-refractivity contribution in [3.8, 4) is 0 Å².